The van der Waals surface area contributed by atoms with Crippen molar-refractivity contribution in [3.05, 3.63) is 11.4 Å². The van der Waals surface area contributed by atoms with Gasteiger partial charge in [-0.3, -0.25) is 0 Å². The topological polar surface area (TPSA) is 51.8 Å². The van der Waals surface area contributed by atoms with Gasteiger partial charge in [0, 0.05) is 12.2 Å². The van der Waals surface area contributed by atoms with Crippen LogP contribution in [-0.4, -0.2) is 15.7 Å². The molecule has 0 radical (unpaired) electrons. The molecular weight excluding hydrogens is 226 g/mol. The van der Waals surface area contributed by atoms with E-state index < -0.39 is 0 Å². The zero-order valence-electron chi connectivity index (χ0n) is 7.93. The molecule has 5 heteroatoms. The third kappa shape index (κ3) is 2.22. The number of anilines is 1. The first kappa shape index (κ1) is 10.3. The van der Waals surface area contributed by atoms with E-state index in [-0.39, 0.29) is 0 Å². The van der Waals surface area contributed by atoms with Gasteiger partial charge in [0.25, 0.3) is 0 Å². The summed E-state index contributed by atoms with van der Waals surface area (Å²) in [7, 11) is 0. The minimum Gasteiger partial charge on any atom is -0.383 e. The Balaban J connectivity index is 2.25. The maximum Gasteiger partial charge on any atom is 0.190 e. The summed E-state index contributed by atoms with van der Waals surface area (Å²) in [6, 6.07) is 1.94. The molecule has 0 fully saturated rings. The lowest BCUT2D eigenvalue weighted by Crippen LogP contribution is -1.95. The molecule has 2 aromatic rings. The zero-order chi connectivity index (χ0) is 10.7. The lowest BCUT2D eigenvalue weighted by Gasteiger charge is -2.00. The highest BCUT2D eigenvalue weighted by atomic mass is 32.2. The summed E-state index contributed by atoms with van der Waals surface area (Å²) in [6.45, 7) is 0. The molecule has 2 heterocycles. The average Bonchev–Trinajstić information content (AvgIpc) is 2.66. The molecule has 2 aromatic heterocycles. The van der Waals surface area contributed by atoms with E-state index in [2.05, 4.69) is 15.9 Å². The molecule has 0 saturated heterocycles. The van der Waals surface area contributed by atoms with Gasteiger partial charge in [-0.25, -0.2) is 9.97 Å². The van der Waals surface area contributed by atoms with E-state index in [0.29, 0.717) is 11.0 Å². The number of fused-ring (bicyclic) bond motifs is 1. The van der Waals surface area contributed by atoms with Crippen LogP contribution in [0, 0.1) is 12.3 Å². The third-order valence-corrected chi connectivity index (χ3v) is 3.47. The Morgan fingerprint density at radius 2 is 2.40 bits per heavy atom. The minimum atomic E-state index is 0.546. The third-order valence-electron chi connectivity index (χ3n) is 1.81. The number of nitrogen functional groups attached to an aromatic ring is 1. The van der Waals surface area contributed by atoms with Crippen LogP contribution in [0.2, 0.25) is 0 Å². The molecule has 0 amide bonds. The molecule has 2 N–H and O–H groups in total. The summed E-state index contributed by atoms with van der Waals surface area (Å²) >= 11 is 3.11. The summed E-state index contributed by atoms with van der Waals surface area (Å²) in [5.74, 6) is 3.95. The van der Waals surface area contributed by atoms with Gasteiger partial charge in [-0.15, -0.1) is 23.7 Å². The monoisotopic (exact) mass is 235 g/mol. The Labute approximate surface area is 96.1 Å². The van der Waals surface area contributed by atoms with Crippen LogP contribution in [0.3, 0.4) is 0 Å². The smallest absolute Gasteiger partial charge is 0.190 e. The van der Waals surface area contributed by atoms with Crippen molar-refractivity contribution < 1.29 is 0 Å². The highest BCUT2D eigenvalue weighted by molar-refractivity contribution is 7.99. The number of terminal acetylenes is 1. The van der Waals surface area contributed by atoms with Crippen LogP contribution in [0.5, 0.6) is 0 Å². The molecule has 2 rings (SSSR count). The molecule has 0 unspecified atom stereocenters. The summed E-state index contributed by atoms with van der Waals surface area (Å²) < 4.78 is 0. The van der Waals surface area contributed by atoms with Crippen molar-refractivity contribution in [2.24, 2.45) is 0 Å². The lowest BCUT2D eigenvalue weighted by molar-refractivity contribution is 1.02. The summed E-state index contributed by atoms with van der Waals surface area (Å²) in [6.07, 6.45) is 5.89. The fourth-order valence-corrected chi connectivity index (χ4v) is 2.67. The number of aromatic nitrogens is 2. The molecule has 0 aliphatic heterocycles. The zero-order valence-corrected chi connectivity index (χ0v) is 9.57. The molecule has 0 spiro atoms. The van der Waals surface area contributed by atoms with Crippen LogP contribution in [0.15, 0.2) is 16.6 Å². The minimum absolute atomic E-state index is 0.546. The fraction of sp³-hybridized carbons (Fsp3) is 0.200. The predicted molar refractivity (Wildman–Crippen MR) is 66.0 cm³/mol. The molecule has 0 aromatic carbocycles. The van der Waals surface area contributed by atoms with Gasteiger partial charge >= 0.3 is 0 Å². The van der Waals surface area contributed by atoms with Gasteiger partial charge in [0.05, 0.1) is 5.39 Å². The normalized spacial score (nSPS) is 10.3. The van der Waals surface area contributed by atoms with Gasteiger partial charge in [0.15, 0.2) is 5.16 Å². The number of nitrogens with zero attached hydrogens (tertiary/aromatic N) is 2. The van der Waals surface area contributed by atoms with Gasteiger partial charge < -0.3 is 5.73 Å². The molecule has 0 aliphatic carbocycles. The molecule has 0 saturated carbocycles. The Bertz CT molecular complexity index is 513. The molecule has 15 heavy (non-hydrogen) atoms. The Hall–Kier alpha value is -1.25. The first-order valence-electron chi connectivity index (χ1n) is 4.38. The first-order valence-corrected chi connectivity index (χ1v) is 6.25. The van der Waals surface area contributed by atoms with Crippen LogP contribution < -0.4 is 5.73 Å². The average molecular weight is 235 g/mol. The second kappa shape index (κ2) is 4.51. The van der Waals surface area contributed by atoms with Gasteiger partial charge in [-0.1, -0.05) is 11.8 Å². The van der Waals surface area contributed by atoms with Crippen LogP contribution in [0.1, 0.15) is 6.42 Å². The van der Waals surface area contributed by atoms with E-state index >= 15 is 0 Å². The van der Waals surface area contributed by atoms with Crippen LogP contribution in [0.4, 0.5) is 5.82 Å². The highest BCUT2D eigenvalue weighted by Crippen LogP contribution is 2.26. The van der Waals surface area contributed by atoms with Gasteiger partial charge in [-0.05, 0) is 11.4 Å². The maximum absolute atomic E-state index is 5.81. The maximum atomic E-state index is 5.81. The second-order valence-corrected chi connectivity index (χ2v) is 4.79. The van der Waals surface area contributed by atoms with Crippen LogP contribution in [-0.2, 0) is 0 Å². The number of thioether (sulfide) groups is 1. The summed E-state index contributed by atoms with van der Waals surface area (Å²) in [5, 5.41) is 3.60. The van der Waals surface area contributed by atoms with Crippen LogP contribution >= 0.6 is 23.1 Å². The lowest BCUT2D eigenvalue weighted by atomic mass is 10.4. The fourth-order valence-electron chi connectivity index (χ4n) is 1.12. The van der Waals surface area contributed by atoms with E-state index in [4.69, 9.17) is 12.2 Å². The molecule has 0 bridgehead atoms. The van der Waals surface area contributed by atoms with Crippen molar-refractivity contribution in [2.75, 3.05) is 11.5 Å². The summed E-state index contributed by atoms with van der Waals surface area (Å²) in [5.41, 5.74) is 5.81. The van der Waals surface area contributed by atoms with E-state index in [1.807, 2.05) is 11.4 Å². The summed E-state index contributed by atoms with van der Waals surface area (Å²) in [4.78, 5) is 9.54. The SMILES string of the molecule is C#CCCSc1nc(N)c2ccsc2n1. The van der Waals surface area contributed by atoms with Gasteiger partial charge in [-0.2, -0.15) is 0 Å². The van der Waals surface area contributed by atoms with Crippen molar-refractivity contribution in [2.45, 2.75) is 11.6 Å². The van der Waals surface area contributed by atoms with Gasteiger partial charge in [0.1, 0.15) is 10.6 Å². The number of hydrogen-bond donors (Lipinski definition) is 1. The number of hydrogen-bond acceptors (Lipinski definition) is 5. The first-order chi connectivity index (χ1) is 7.31. The van der Waals surface area contributed by atoms with Crippen molar-refractivity contribution in [1.82, 2.24) is 9.97 Å². The van der Waals surface area contributed by atoms with Gasteiger partial charge in [0.2, 0.25) is 0 Å². The van der Waals surface area contributed by atoms with E-state index in [0.717, 1.165) is 22.4 Å². The molecule has 0 atom stereocenters. The number of rotatable bonds is 3. The van der Waals surface area contributed by atoms with E-state index in [1.165, 1.54) is 11.8 Å². The van der Waals surface area contributed by atoms with Crippen LogP contribution in [0.25, 0.3) is 10.2 Å². The number of nitrogens with two attached hydrogens (primary N) is 1. The van der Waals surface area contributed by atoms with Crippen molar-refractivity contribution in [3.63, 3.8) is 0 Å². The standard InChI is InChI=1S/C10H9N3S2/c1-2-3-5-15-10-12-8(11)7-4-6-14-9(7)13-10/h1,4,6H,3,5H2,(H2,11,12,13). The quantitative estimate of drug-likeness (QED) is 0.384. The molecule has 0 aliphatic rings. The Morgan fingerprint density at radius 3 is 3.20 bits per heavy atom. The van der Waals surface area contributed by atoms with Crippen molar-refractivity contribution in [3.8, 4) is 12.3 Å². The molecular formula is C10H9N3S2. The van der Waals surface area contributed by atoms with E-state index in [9.17, 15) is 0 Å². The Morgan fingerprint density at radius 1 is 1.53 bits per heavy atom. The molecule has 76 valence electrons. The predicted octanol–water partition coefficient (Wildman–Crippen LogP) is 2.39. The largest absolute Gasteiger partial charge is 0.383 e. The van der Waals surface area contributed by atoms with E-state index in [1.54, 1.807) is 11.3 Å². The van der Waals surface area contributed by atoms with Crippen molar-refractivity contribution in [1.29, 1.82) is 0 Å². The number of thiophene rings is 1. The second-order valence-electron chi connectivity index (χ2n) is 2.83. The van der Waals surface area contributed by atoms with Crippen molar-refractivity contribution >= 4 is 39.1 Å². The highest BCUT2D eigenvalue weighted by Gasteiger charge is 2.05. The molecule has 3 nitrogen and oxygen atoms in total. The Kier molecular flexibility index (Phi) is 3.09.